The largest absolute Gasteiger partial charge is 0.368 e. The van der Waals surface area contributed by atoms with E-state index in [4.69, 9.17) is 0 Å². The summed E-state index contributed by atoms with van der Waals surface area (Å²) in [6, 6.07) is 6.36. The van der Waals surface area contributed by atoms with Gasteiger partial charge in [0.2, 0.25) is 5.91 Å². The minimum atomic E-state index is 0.162. The molecule has 1 unspecified atom stereocenters. The van der Waals surface area contributed by atoms with Gasteiger partial charge in [-0.05, 0) is 35.0 Å². The second-order valence-electron chi connectivity index (χ2n) is 4.69. The molecule has 1 aromatic rings. The minimum Gasteiger partial charge on any atom is -0.368 e. The summed E-state index contributed by atoms with van der Waals surface area (Å²) in [6.45, 7) is 5.31. The molecular weight excluding hydrogens is 294 g/mol. The number of likely N-dealkylation sites (N-methyl/N-ethyl adjacent to an activating group) is 1. The van der Waals surface area contributed by atoms with Crippen LogP contribution in [0.1, 0.15) is 6.92 Å². The van der Waals surface area contributed by atoms with E-state index in [2.05, 4.69) is 39.1 Å². The van der Waals surface area contributed by atoms with E-state index in [0.717, 1.165) is 35.5 Å². The molecule has 1 saturated heterocycles. The van der Waals surface area contributed by atoms with Gasteiger partial charge in [-0.1, -0.05) is 6.07 Å². The Labute approximate surface area is 115 Å². The number of anilines is 2. The molecule has 2 aliphatic rings. The van der Waals surface area contributed by atoms with E-state index in [1.807, 2.05) is 17.0 Å². The lowest BCUT2D eigenvalue weighted by atomic mass is 10.0. The van der Waals surface area contributed by atoms with E-state index in [-0.39, 0.29) is 11.9 Å². The van der Waals surface area contributed by atoms with E-state index < -0.39 is 0 Å². The van der Waals surface area contributed by atoms with E-state index >= 15 is 0 Å². The predicted molar refractivity (Wildman–Crippen MR) is 76.2 cm³/mol. The molecule has 0 aliphatic carbocycles. The van der Waals surface area contributed by atoms with E-state index in [1.165, 1.54) is 0 Å². The van der Waals surface area contributed by atoms with Gasteiger partial charge in [0.15, 0.2) is 0 Å². The second-order valence-corrected chi connectivity index (χ2v) is 5.55. The van der Waals surface area contributed by atoms with Crippen LogP contribution in [0.5, 0.6) is 0 Å². The number of carbonyl (C=O) groups is 1. The lowest BCUT2D eigenvalue weighted by Crippen LogP contribution is -2.61. The summed E-state index contributed by atoms with van der Waals surface area (Å²) in [7, 11) is 0. The zero-order valence-corrected chi connectivity index (χ0v) is 11.9. The number of benzene rings is 1. The number of hydrogen-bond donors (Lipinski definition) is 1. The van der Waals surface area contributed by atoms with Crippen molar-refractivity contribution in [3.8, 4) is 0 Å². The van der Waals surface area contributed by atoms with Crippen LogP contribution in [0.15, 0.2) is 22.7 Å². The maximum atomic E-state index is 12.2. The lowest BCUT2D eigenvalue weighted by molar-refractivity contribution is -0.119. The van der Waals surface area contributed by atoms with E-state index in [9.17, 15) is 4.79 Å². The number of amides is 1. The Hall–Kier alpha value is -1.07. The van der Waals surface area contributed by atoms with Gasteiger partial charge in [0, 0.05) is 24.1 Å². The minimum absolute atomic E-state index is 0.162. The number of fused-ring (bicyclic) bond motifs is 3. The maximum absolute atomic E-state index is 12.2. The van der Waals surface area contributed by atoms with E-state index in [0.29, 0.717) is 6.54 Å². The van der Waals surface area contributed by atoms with Crippen molar-refractivity contribution in [2.75, 3.05) is 36.0 Å². The zero-order chi connectivity index (χ0) is 12.7. The van der Waals surface area contributed by atoms with Crippen LogP contribution in [0.3, 0.4) is 0 Å². The molecule has 0 radical (unpaired) electrons. The van der Waals surface area contributed by atoms with E-state index in [1.54, 1.807) is 0 Å². The van der Waals surface area contributed by atoms with Crippen molar-refractivity contribution < 1.29 is 4.79 Å². The van der Waals surface area contributed by atoms with Crippen molar-refractivity contribution in [3.05, 3.63) is 22.7 Å². The molecule has 0 saturated carbocycles. The van der Waals surface area contributed by atoms with Gasteiger partial charge in [0.1, 0.15) is 0 Å². The molecule has 96 valence electrons. The number of para-hydroxylation sites is 1. The number of rotatable bonds is 1. The molecule has 1 N–H and O–H groups in total. The molecule has 18 heavy (non-hydrogen) atoms. The molecule has 1 atom stereocenters. The highest BCUT2D eigenvalue weighted by atomic mass is 79.9. The number of piperazine rings is 1. The summed E-state index contributed by atoms with van der Waals surface area (Å²) in [5.74, 6) is 0.162. The maximum Gasteiger partial charge on any atom is 0.241 e. The number of nitrogens with one attached hydrogen (secondary N) is 1. The number of hydrogen-bond acceptors (Lipinski definition) is 3. The number of halogens is 1. The van der Waals surface area contributed by atoms with Gasteiger partial charge in [-0.2, -0.15) is 0 Å². The Kier molecular flexibility index (Phi) is 3.03. The predicted octanol–water partition coefficient (Wildman–Crippen LogP) is 1.59. The topological polar surface area (TPSA) is 35.6 Å². The van der Waals surface area contributed by atoms with Gasteiger partial charge in [0.05, 0.1) is 24.0 Å². The molecule has 0 aromatic heterocycles. The Morgan fingerprint density at radius 3 is 3.11 bits per heavy atom. The Bertz CT molecular complexity index is 491. The average Bonchev–Trinajstić information content (AvgIpc) is 2.38. The Balaban J connectivity index is 2.14. The first kappa shape index (κ1) is 12.0. The molecule has 3 rings (SSSR count). The van der Waals surface area contributed by atoms with Crippen molar-refractivity contribution >= 4 is 33.2 Å². The summed E-state index contributed by atoms with van der Waals surface area (Å²) in [6.07, 6.45) is 0. The van der Waals surface area contributed by atoms with Crippen LogP contribution in [0.25, 0.3) is 0 Å². The van der Waals surface area contributed by atoms with Crippen LogP contribution in [0.2, 0.25) is 0 Å². The molecule has 2 aliphatic heterocycles. The highest BCUT2D eigenvalue weighted by Gasteiger charge is 2.37. The van der Waals surface area contributed by atoms with Crippen LogP contribution in [-0.4, -0.2) is 38.1 Å². The third-order valence-corrected chi connectivity index (χ3v) is 4.29. The zero-order valence-electron chi connectivity index (χ0n) is 10.3. The van der Waals surface area contributed by atoms with Crippen molar-refractivity contribution in [1.82, 2.24) is 5.32 Å². The molecule has 4 nitrogen and oxygen atoms in total. The summed E-state index contributed by atoms with van der Waals surface area (Å²) in [5, 5.41) is 3.20. The SMILES string of the molecule is CCN1CC2CNCC(=O)N2c2c(Br)cccc21. The van der Waals surface area contributed by atoms with Crippen LogP contribution < -0.4 is 15.1 Å². The van der Waals surface area contributed by atoms with Crippen LogP contribution in [-0.2, 0) is 4.79 Å². The molecular formula is C13H16BrN3O. The second kappa shape index (κ2) is 4.55. The van der Waals surface area contributed by atoms with Gasteiger partial charge in [-0.15, -0.1) is 0 Å². The van der Waals surface area contributed by atoms with Crippen LogP contribution >= 0.6 is 15.9 Å². The Morgan fingerprint density at radius 1 is 1.50 bits per heavy atom. The van der Waals surface area contributed by atoms with Gasteiger partial charge in [0.25, 0.3) is 0 Å². The summed E-state index contributed by atoms with van der Waals surface area (Å²) in [5.41, 5.74) is 2.18. The molecule has 1 aromatic carbocycles. The fourth-order valence-corrected chi connectivity index (χ4v) is 3.38. The van der Waals surface area contributed by atoms with Crippen LogP contribution in [0.4, 0.5) is 11.4 Å². The quantitative estimate of drug-likeness (QED) is 0.856. The number of nitrogens with zero attached hydrogens (tertiary/aromatic N) is 2. The molecule has 5 heteroatoms. The van der Waals surface area contributed by atoms with Crippen molar-refractivity contribution in [3.63, 3.8) is 0 Å². The van der Waals surface area contributed by atoms with Crippen molar-refractivity contribution in [2.24, 2.45) is 0 Å². The smallest absolute Gasteiger partial charge is 0.241 e. The van der Waals surface area contributed by atoms with Crippen molar-refractivity contribution in [1.29, 1.82) is 0 Å². The van der Waals surface area contributed by atoms with Crippen LogP contribution in [0, 0.1) is 0 Å². The molecule has 0 spiro atoms. The Morgan fingerprint density at radius 2 is 2.33 bits per heavy atom. The first-order valence-electron chi connectivity index (χ1n) is 6.28. The first-order valence-corrected chi connectivity index (χ1v) is 7.08. The molecule has 1 fully saturated rings. The third kappa shape index (κ3) is 1.73. The first-order chi connectivity index (χ1) is 8.72. The number of carbonyl (C=O) groups excluding carboxylic acids is 1. The summed E-state index contributed by atoms with van der Waals surface area (Å²) >= 11 is 3.59. The highest BCUT2D eigenvalue weighted by Crippen LogP contribution is 2.41. The standard InChI is InChI=1S/C13H16BrN3O/c1-2-16-8-9-6-15-7-12(18)17(9)13-10(14)4-3-5-11(13)16/h3-5,9,15H,2,6-8H2,1H3. The fourth-order valence-electron chi connectivity index (χ4n) is 2.83. The fraction of sp³-hybridized carbons (Fsp3) is 0.462. The van der Waals surface area contributed by atoms with Gasteiger partial charge in [-0.25, -0.2) is 0 Å². The van der Waals surface area contributed by atoms with Gasteiger partial charge < -0.3 is 15.1 Å². The summed E-state index contributed by atoms with van der Waals surface area (Å²) < 4.78 is 0.999. The monoisotopic (exact) mass is 309 g/mol. The normalized spacial score (nSPS) is 22.8. The van der Waals surface area contributed by atoms with Crippen molar-refractivity contribution in [2.45, 2.75) is 13.0 Å². The lowest BCUT2D eigenvalue weighted by Gasteiger charge is -2.45. The summed E-state index contributed by atoms with van der Waals surface area (Å²) in [4.78, 5) is 16.5. The average molecular weight is 310 g/mol. The van der Waals surface area contributed by atoms with Gasteiger partial charge in [-0.3, -0.25) is 4.79 Å². The molecule has 1 amide bonds. The molecule has 0 bridgehead atoms. The third-order valence-electron chi connectivity index (χ3n) is 3.65. The molecule has 2 heterocycles. The highest BCUT2D eigenvalue weighted by molar-refractivity contribution is 9.10. The van der Waals surface area contributed by atoms with Gasteiger partial charge >= 0.3 is 0 Å².